The number of nitrogens with two attached hydrogens (primary N) is 1. The molecule has 1 saturated carbocycles. The summed E-state index contributed by atoms with van der Waals surface area (Å²) < 4.78 is 8.47. The van der Waals surface area contributed by atoms with E-state index in [0.29, 0.717) is 17.0 Å². The summed E-state index contributed by atoms with van der Waals surface area (Å²) in [6.07, 6.45) is 3.95. The first-order valence-corrected chi connectivity index (χ1v) is 10.4. The predicted molar refractivity (Wildman–Crippen MR) is 110 cm³/mol. The van der Waals surface area contributed by atoms with Gasteiger partial charge in [-0.15, -0.1) is 0 Å². The Bertz CT molecular complexity index is 1140. The number of ether oxygens (including phenoxy) is 1. The molecule has 1 amide bonds. The van der Waals surface area contributed by atoms with Gasteiger partial charge in [0.15, 0.2) is 23.2 Å². The van der Waals surface area contributed by atoms with Crippen LogP contribution in [-0.2, 0) is 4.74 Å². The Morgan fingerprint density at radius 1 is 1.25 bits per heavy atom. The Kier molecular flexibility index (Phi) is 5.25. The molecule has 0 radical (unpaired) electrons. The molecule has 13 nitrogen and oxygen atoms in total. The molecule has 1 aliphatic carbocycles. The lowest BCUT2D eigenvalue weighted by Crippen LogP contribution is -2.33. The first-order chi connectivity index (χ1) is 15.5. The molecule has 0 unspecified atom stereocenters. The number of rotatable bonds is 6. The molecule has 3 aromatic rings. The maximum atomic E-state index is 11.5. The third-order valence-electron chi connectivity index (χ3n) is 5.97. The molecule has 4 heterocycles. The Morgan fingerprint density at radius 2 is 2.03 bits per heavy atom. The number of aliphatic hydroxyl groups is 3. The number of anilines is 1. The number of aromatic nitrogens is 6. The van der Waals surface area contributed by atoms with Crippen molar-refractivity contribution < 1.29 is 24.9 Å². The number of imidazole rings is 1. The van der Waals surface area contributed by atoms with Gasteiger partial charge in [-0.2, -0.15) is 15.1 Å². The van der Waals surface area contributed by atoms with Crippen molar-refractivity contribution in [2.24, 2.45) is 5.73 Å². The van der Waals surface area contributed by atoms with Crippen LogP contribution in [0.1, 0.15) is 42.3 Å². The second kappa shape index (κ2) is 8.09. The summed E-state index contributed by atoms with van der Waals surface area (Å²) in [5.41, 5.74) is 6.33. The van der Waals surface area contributed by atoms with Gasteiger partial charge in [0, 0.05) is 12.2 Å². The van der Waals surface area contributed by atoms with Crippen molar-refractivity contribution in [3.63, 3.8) is 0 Å². The van der Waals surface area contributed by atoms with E-state index in [4.69, 9.17) is 10.5 Å². The van der Waals surface area contributed by atoms with Crippen molar-refractivity contribution in [3.05, 3.63) is 24.3 Å². The number of carbonyl (C=O) groups is 1. The van der Waals surface area contributed by atoms with Crippen LogP contribution in [0.5, 0.6) is 0 Å². The molecule has 6 N–H and O–H groups in total. The number of hydrogen-bond acceptors (Lipinski definition) is 10. The van der Waals surface area contributed by atoms with E-state index in [1.807, 2.05) is 0 Å². The number of primary amides is 1. The highest BCUT2D eigenvalue weighted by atomic mass is 16.6. The van der Waals surface area contributed by atoms with E-state index < -0.39 is 37.1 Å². The third-order valence-corrected chi connectivity index (χ3v) is 5.97. The van der Waals surface area contributed by atoms with Gasteiger partial charge < -0.3 is 31.1 Å². The number of carbonyl (C=O) groups excluding carboxylic acids is 1. The second-order valence-corrected chi connectivity index (χ2v) is 8.09. The molecule has 13 heteroatoms. The molecule has 0 aromatic carbocycles. The summed E-state index contributed by atoms with van der Waals surface area (Å²) in [4.78, 5) is 25.0. The van der Waals surface area contributed by atoms with Crippen molar-refractivity contribution in [1.29, 1.82) is 0 Å². The number of hydrogen-bond donors (Lipinski definition) is 5. The molecular formula is C19H24N8O5. The van der Waals surface area contributed by atoms with Crippen LogP contribution in [0.2, 0.25) is 0 Å². The number of nitrogens with one attached hydrogen (secondary N) is 1. The third kappa shape index (κ3) is 3.48. The fraction of sp³-hybridized carbons (Fsp3) is 0.526. The summed E-state index contributed by atoms with van der Waals surface area (Å²) in [6, 6.07) is 0.235. The number of nitrogens with zero attached hydrogens (tertiary/aromatic N) is 6. The molecule has 32 heavy (non-hydrogen) atoms. The van der Waals surface area contributed by atoms with Crippen LogP contribution in [0, 0.1) is 0 Å². The van der Waals surface area contributed by atoms with Crippen molar-refractivity contribution in [2.45, 2.75) is 56.3 Å². The van der Waals surface area contributed by atoms with E-state index >= 15 is 0 Å². The Balaban J connectivity index is 1.61. The predicted octanol–water partition coefficient (Wildman–Crippen LogP) is -0.923. The van der Waals surface area contributed by atoms with Crippen LogP contribution in [0.4, 0.5) is 5.82 Å². The summed E-state index contributed by atoms with van der Waals surface area (Å²) >= 11 is 0. The lowest BCUT2D eigenvalue weighted by atomic mass is 10.1. The Labute approximate surface area is 181 Å². The smallest absolute Gasteiger partial charge is 0.254 e. The Hall–Kier alpha value is -3.13. The summed E-state index contributed by atoms with van der Waals surface area (Å²) in [7, 11) is 0. The van der Waals surface area contributed by atoms with Crippen molar-refractivity contribution in [2.75, 3.05) is 11.9 Å². The van der Waals surface area contributed by atoms with E-state index in [2.05, 4.69) is 25.4 Å². The van der Waals surface area contributed by atoms with Crippen LogP contribution >= 0.6 is 0 Å². The quantitative estimate of drug-likeness (QED) is 0.318. The molecule has 4 atom stereocenters. The zero-order chi connectivity index (χ0) is 22.4. The number of amides is 1. The van der Waals surface area contributed by atoms with Crippen LogP contribution in [-0.4, -0.2) is 81.5 Å². The maximum Gasteiger partial charge on any atom is 0.254 e. The first-order valence-electron chi connectivity index (χ1n) is 10.4. The van der Waals surface area contributed by atoms with Gasteiger partial charge in [-0.25, -0.2) is 9.67 Å². The summed E-state index contributed by atoms with van der Waals surface area (Å²) in [5, 5.41) is 37.6. The molecule has 1 saturated heterocycles. The van der Waals surface area contributed by atoms with Crippen LogP contribution in [0.25, 0.3) is 17.1 Å². The van der Waals surface area contributed by atoms with E-state index in [-0.39, 0.29) is 17.6 Å². The normalized spacial score (nSPS) is 26.2. The summed E-state index contributed by atoms with van der Waals surface area (Å²) in [6.45, 7) is -0.445. The van der Waals surface area contributed by atoms with Gasteiger partial charge in [-0.3, -0.25) is 9.36 Å². The molecular weight excluding hydrogens is 420 g/mol. The fourth-order valence-electron chi connectivity index (χ4n) is 4.23. The highest BCUT2D eigenvalue weighted by molar-refractivity contribution is 5.92. The van der Waals surface area contributed by atoms with Crippen LogP contribution < -0.4 is 11.1 Å². The first kappa shape index (κ1) is 20.8. The molecule has 0 spiro atoms. The molecule has 2 aliphatic rings. The van der Waals surface area contributed by atoms with Crippen LogP contribution in [0.3, 0.4) is 0 Å². The molecule has 1 aliphatic heterocycles. The fourth-order valence-corrected chi connectivity index (χ4v) is 4.23. The number of fused-ring (bicyclic) bond motifs is 1. The zero-order valence-electron chi connectivity index (χ0n) is 17.1. The highest BCUT2D eigenvalue weighted by Gasteiger charge is 2.44. The standard InChI is InChI=1S/C19H24N8O5/c20-15(31)9-5-22-27(6-9)19-24-16(23-10-3-1-2-4-10)12-17(25-19)26(8-21-12)18-14(30)13(29)11(7-28)32-18/h5-6,8,10-11,13-14,18,28-30H,1-4,7H2,(H2,20,31)(H,23,24,25)/t11-,13-,14-,18-/m1/s1. The van der Waals surface area contributed by atoms with Gasteiger partial charge in [0.05, 0.1) is 24.7 Å². The minimum atomic E-state index is -1.29. The highest BCUT2D eigenvalue weighted by Crippen LogP contribution is 2.33. The largest absolute Gasteiger partial charge is 0.394 e. The second-order valence-electron chi connectivity index (χ2n) is 8.09. The molecule has 3 aromatic heterocycles. The van der Waals surface area contributed by atoms with Gasteiger partial charge in [-0.05, 0) is 12.8 Å². The minimum Gasteiger partial charge on any atom is -0.394 e. The van der Waals surface area contributed by atoms with Gasteiger partial charge in [0.2, 0.25) is 0 Å². The van der Waals surface area contributed by atoms with Crippen molar-refractivity contribution >= 4 is 22.9 Å². The minimum absolute atomic E-state index is 0.166. The van der Waals surface area contributed by atoms with Gasteiger partial charge in [0.1, 0.15) is 18.3 Å². The molecule has 5 rings (SSSR count). The van der Waals surface area contributed by atoms with Gasteiger partial charge in [0.25, 0.3) is 11.9 Å². The van der Waals surface area contributed by atoms with E-state index in [1.54, 1.807) is 0 Å². The average Bonchev–Trinajstić information content (AvgIpc) is 3.56. The SMILES string of the molecule is NC(=O)c1cnn(-c2nc(NC3CCCC3)c3ncn([C@@H]4O[C@H](CO)[C@@H](O)[C@H]4O)c3n2)c1. The van der Waals surface area contributed by atoms with E-state index in [1.165, 1.54) is 28.0 Å². The van der Waals surface area contributed by atoms with Gasteiger partial charge >= 0.3 is 0 Å². The zero-order valence-corrected chi connectivity index (χ0v) is 17.1. The summed E-state index contributed by atoms with van der Waals surface area (Å²) in [5.74, 6) is 0.0238. The van der Waals surface area contributed by atoms with E-state index in [0.717, 1.165) is 25.7 Å². The molecule has 2 fully saturated rings. The Morgan fingerprint density at radius 3 is 2.69 bits per heavy atom. The van der Waals surface area contributed by atoms with Crippen molar-refractivity contribution in [3.8, 4) is 5.95 Å². The monoisotopic (exact) mass is 444 g/mol. The average molecular weight is 444 g/mol. The van der Waals surface area contributed by atoms with Crippen LogP contribution in [0.15, 0.2) is 18.7 Å². The van der Waals surface area contributed by atoms with E-state index in [9.17, 15) is 20.1 Å². The lowest BCUT2D eigenvalue weighted by Gasteiger charge is -2.18. The molecule has 170 valence electrons. The molecule has 0 bridgehead atoms. The maximum absolute atomic E-state index is 11.5. The van der Waals surface area contributed by atoms with Crippen molar-refractivity contribution in [1.82, 2.24) is 29.3 Å². The number of aliphatic hydroxyl groups excluding tert-OH is 3. The topological polar surface area (TPSA) is 186 Å². The lowest BCUT2D eigenvalue weighted by molar-refractivity contribution is -0.0511. The van der Waals surface area contributed by atoms with Gasteiger partial charge in [-0.1, -0.05) is 12.8 Å².